The van der Waals surface area contributed by atoms with E-state index >= 15 is 0 Å². The maximum absolute atomic E-state index is 13.3. The van der Waals surface area contributed by atoms with Gasteiger partial charge in [0.1, 0.15) is 0 Å². The summed E-state index contributed by atoms with van der Waals surface area (Å²) in [6, 6.07) is 13.8. The SMILES string of the molecule is CC(C)S(=O)(=O)c1cc(-c2nc(C3CCNCC3)[nH]c2-c2ccccc2)cc2[nH]c([As])nc12. The van der Waals surface area contributed by atoms with Gasteiger partial charge in [-0.25, -0.2) is 0 Å². The van der Waals surface area contributed by atoms with Crippen LogP contribution >= 0.6 is 0 Å². The number of hydrogen-bond donors (Lipinski definition) is 3. The van der Waals surface area contributed by atoms with Gasteiger partial charge in [0.25, 0.3) is 0 Å². The van der Waals surface area contributed by atoms with Gasteiger partial charge in [0.2, 0.25) is 0 Å². The van der Waals surface area contributed by atoms with Crippen molar-refractivity contribution in [2.75, 3.05) is 13.1 Å². The zero-order valence-electron chi connectivity index (χ0n) is 18.6. The Hall–Kier alpha value is -2.41. The molecule has 0 atom stereocenters. The summed E-state index contributed by atoms with van der Waals surface area (Å²) < 4.78 is 27.1. The van der Waals surface area contributed by atoms with Gasteiger partial charge in [0.15, 0.2) is 0 Å². The molecule has 0 amide bonds. The minimum atomic E-state index is -3.55. The summed E-state index contributed by atoms with van der Waals surface area (Å²) in [5.74, 6) is 1.30. The molecule has 0 aliphatic carbocycles. The number of sulfone groups is 1. The van der Waals surface area contributed by atoms with Crippen molar-refractivity contribution in [3.05, 3.63) is 48.3 Å². The number of rotatable bonds is 5. The number of nitrogens with zero attached hydrogens (tertiary/aromatic N) is 2. The molecule has 5 rings (SSSR count). The molecule has 3 heterocycles. The molecule has 1 fully saturated rings. The van der Waals surface area contributed by atoms with Gasteiger partial charge in [-0.1, -0.05) is 0 Å². The van der Waals surface area contributed by atoms with Crippen molar-refractivity contribution in [2.45, 2.75) is 42.8 Å². The number of hydrogen-bond acceptors (Lipinski definition) is 5. The Kier molecular flexibility index (Phi) is 5.93. The molecule has 4 aromatic rings. The Balaban J connectivity index is 1.74. The summed E-state index contributed by atoms with van der Waals surface area (Å²) in [7, 11) is -3.55. The zero-order chi connectivity index (χ0) is 23.2. The van der Waals surface area contributed by atoms with E-state index in [4.69, 9.17) is 4.98 Å². The van der Waals surface area contributed by atoms with E-state index in [1.54, 1.807) is 19.9 Å². The van der Waals surface area contributed by atoms with Gasteiger partial charge in [0.05, 0.1) is 0 Å². The van der Waals surface area contributed by atoms with Crippen LogP contribution in [0.4, 0.5) is 0 Å². The zero-order valence-corrected chi connectivity index (χ0v) is 21.3. The van der Waals surface area contributed by atoms with Gasteiger partial charge in [-0.2, -0.15) is 0 Å². The molecular weight excluding hydrogens is 497 g/mol. The number of fused-ring (bicyclic) bond motifs is 1. The monoisotopic (exact) mass is 523 g/mol. The Bertz CT molecular complexity index is 1400. The molecule has 0 saturated carbocycles. The average Bonchev–Trinajstić information content (AvgIpc) is 3.42. The molecule has 1 saturated heterocycles. The van der Waals surface area contributed by atoms with Crippen molar-refractivity contribution >= 4 is 42.3 Å². The molecule has 7 nitrogen and oxygen atoms in total. The van der Waals surface area contributed by atoms with Crippen LogP contribution in [0.15, 0.2) is 47.4 Å². The van der Waals surface area contributed by atoms with Crippen LogP contribution in [0.5, 0.6) is 0 Å². The van der Waals surface area contributed by atoms with E-state index in [1.165, 1.54) is 0 Å². The van der Waals surface area contributed by atoms with Crippen LogP contribution in [0, 0.1) is 0 Å². The second-order valence-corrected chi connectivity index (χ2v) is 12.1. The van der Waals surface area contributed by atoms with Crippen molar-refractivity contribution in [1.82, 2.24) is 25.3 Å². The van der Waals surface area contributed by atoms with E-state index in [0.29, 0.717) is 21.6 Å². The molecule has 2 aromatic carbocycles. The number of aromatic nitrogens is 4. The van der Waals surface area contributed by atoms with E-state index in [-0.39, 0.29) is 4.90 Å². The third-order valence-electron chi connectivity index (χ3n) is 6.25. The summed E-state index contributed by atoms with van der Waals surface area (Å²) in [4.78, 5) is 16.5. The second kappa shape index (κ2) is 8.74. The van der Waals surface area contributed by atoms with Crippen molar-refractivity contribution in [1.29, 1.82) is 0 Å². The molecule has 0 spiro atoms. The Morgan fingerprint density at radius 2 is 1.73 bits per heavy atom. The number of nitrogens with one attached hydrogen (secondary N) is 3. The number of imidazole rings is 2. The van der Waals surface area contributed by atoms with Gasteiger partial charge in [-0.15, -0.1) is 0 Å². The normalized spacial score (nSPS) is 15.5. The minimum absolute atomic E-state index is 0.240. The van der Waals surface area contributed by atoms with Crippen LogP contribution in [0.25, 0.3) is 33.5 Å². The van der Waals surface area contributed by atoms with Crippen LogP contribution < -0.4 is 9.93 Å². The summed E-state index contributed by atoms with van der Waals surface area (Å²) in [6.07, 6.45) is 2.04. The van der Waals surface area contributed by atoms with Crippen LogP contribution in [-0.4, -0.2) is 63.5 Å². The molecule has 33 heavy (non-hydrogen) atoms. The number of benzene rings is 2. The first-order chi connectivity index (χ1) is 15.8. The molecule has 1 aliphatic rings. The Morgan fingerprint density at radius 3 is 2.42 bits per heavy atom. The van der Waals surface area contributed by atoms with Crippen LogP contribution in [0.3, 0.4) is 0 Å². The quantitative estimate of drug-likeness (QED) is 0.349. The van der Waals surface area contributed by atoms with Gasteiger partial charge >= 0.3 is 203 Å². The molecule has 1 aliphatic heterocycles. The van der Waals surface area contributed by atoms with E-state index in [2.05, 4.69) is 37.1 Å². The fourth-order valence-electron chi connectivity index (χ4n) is 4.38. The first-order valence-corrected chi connectivity index (χ1v) is 13.7. The molecule has 3 N–H and O–H groups in total. The van der Waals surface area contributed by atoms with Crippen molar-refractivity contribution in [2.24, 2.45) is 0 Å². The maximum atomic E-state index is 13.3. The third-order valence-corrected chi connectivity index (χ3v) is 8.86. The molecule has 2 aromatic heterocycles. The first-order valence-electron chi connectivity index (χ1n) is 11.2. The number of piperidine rings is 1. The predicted octanol–water partition coefficient (Wildman–Crippen LogP) is 3.06. The van der Waals surface area contributed by atoms with Crippen molar-refractivity contribution in [3.63, 3.8) is 0 Å². The molecule has 9 heteroatoms. The molecule has 0 unspecified atom stereocenters. The van der Waals surface area contributed by atoms with Crippen LogP contribution in [0.1, 0.15) is 38.4 Å². The fraction of sp³-hybridized carbons (Fsp3) is 0.333. The standard InChI is InChI=1S/C24H26AsN5O2S/c1-14(2)33(31,32)19-13-17(12-18-22(19)30-24(25)27-18)21-20(15-6-4-3-5-7-15)28-23(29-21)16-8-10-26-11-9-16/h3-7,12-14,16,26H,8-11H2,1-2H3,(H,27,30)(H,28,29). The summed E-state index contributed by atoms with van der Waals surface area (Å²) in [5.41, 5.74) is 4.60. The van der Waals surface area contributed by atoms with Gasteiger partial charge in [-0.3, -0.25) is 0 Å². The number of H-pyrrole nitrogens is 2. The van der Waals surface area contributed by atoms with Gasteiger partial charge < -0.3 is 0 Å². The fourth-order valence-corrected chi connectivity index (χ4v) is 6.07. The Morgan fingerprint density at radius 1 is 1.00 bits per heavy atom. The predicted molar refractivity (Wildman–Crippen MR) is 132 cm³/mol. The first kappa shape index (κ1) is 22.4. The molecule has 170 valence electrons. The van der Waals surface area contributed by atoms with Gasteiger partial charge in [-0.05, 0) is 0 Å². The summed E-state index contributed by atoms with van der Waals surface area (Å²) in [5, 5.41) is 2.85. The van der Waals surface area contributed by atoms with Gasteiger partial charge in [0, 0.05) is 0 Å². The molecular formula is C24H26AsN5O2S. The average molecular weight is 523 g/mol. The topological polar surface area (TPSA) is 104 Å². The number of aromatic amines is 2. The molecule has 0 bridgehead atoms. The van der Waals surface area contributed by atoms with Crippen LogP contribution in [-0.2, 0) is 9.84 Å². The third kappa shape index (κ3) is 4.16. The van der Waals surface area contributed by atoms with E-state index in [1.807, 2.05) is 36.4 Å². The van der Waals surface area contributed by atoms with Crippen molar-refractivity contribution < 1.29 is 8.42 Å². The molecule has 2 radical (unpaired) electrons. The van der Waals surface area contributed by atoms with E-state index in [0.717, 1.165) is 54.3 Å². The van der Waals surface area contributed by atoms with Crippen LogP contribution in [0.2, 0.25) is 0 Å². The van der Waals surface area contributed by atoms with E-state index < -0.39 is 15.1 Å². The summed E-state index contributed by atoms with van der Waals surface area (Å²) >= 11 is 2.35. The van der Waals surface area contributed by atoms with E-state index in [9.17, 15) is 8.42 Å². The van der Waals surface area contributed by atoms with Crippen molar-refractivity contribution in [3.8, 4) is 22.5 Å². The Labute approximate surface area is 202 Å². The summed E-state index contributed by atoms with van der Waals surface area (Å²) in [6.45, 7) is 5.33. The second-order valence-electron chi connectivity index (χ2n) is 8.76.